The van der Waals surface area contributed by atoms with E-state index in [-0.39, 0.29) is 25.3 Å². The highest BCUT2D eigenvalue weighted by atomic mass is 16.2. The molecule has 0 bridgehead atoms. The normalized spacial score (nSPS) is 14.4. The molecule has 0 saturated carbocycles. The van der Waals surface area contributed by atoms with Crippen molar-refractivity contribution >= 4 is 23.5 Å². The Morgan fingerprint density at radius 1 is 1.25 bits per heavy atom. The lowest BCUT2D eigenvalue weighted by Gasteiger charge is -2.12. The second kappa shape index (κ2) is 5.20. The molecule has 0 aliphatic carbocycles. The van der Waals surface area contributed by atoms with E-state index in [9.17, 15) is 19.2 Å². The smallest absolute Gasteiger partial charge is 0.254 e. The predicted octanol–water partition coefficient (Wildman–Crippen LogP) is -0.993. The van der Waals surface area contributed by atoms with Crippen molar-refractivity contribution in [1.29, 1.82) is 0 Å². The predicted molar refractivity (Wildman–Crippen MR) is 54.2 cm³/mol. The first-order chi connectivity index (χ1) is 7.50. The molecule has 0 aromatic heterocycles. The summed E-state index contributed by atoms with van der Waals surface area (Å²) in [5.41, 5.74) is 0. The summed E-state index contributed by atoms with van der Waals surface area (Å²) < 4.78 is 0. The van der Waals surface area contributed by atoms with Crippen LogP contribution >= 0.6 is 0 Å². The molecular weight excluding hydrogens is 212 g/mol. The second-order valence-electron chi connectivity index (χ2n) is 3.40. The zero-order chi connectivity index (χ0) is 12.1. The quantitative estimate of drug-likeness (QED) is 0.607. The summed E-state index contributed by atoms with van der Waals surface area (Å²) in [6, 6.07) is 0. The van der Waals surface area contributed by atoms with Gasteiger partial charge in [-0.2, -0.15) is 0 Å². The molecule has 1 aliphatic heterocycles. The molecule has 1 rings (SSSR count). The van der Waals surface area contributed by atoms with Gasteiger partial charge in [-0.3, -0.25) is 24.1 Å². The number of nitrogens with one attached hydrogen (secondary N) is 1. The Labute approximate surface area is 92.3 Å². The van der Waals surface area contributed by atoms with Gasteiger partial charge in [0.2, 0.25) is 5.91 Å². The molecule has 0 saturated heterocycles. The largest absolute Gasteiger partial charge is 0.354 e. The van der Waals surface area contributed by atoms with Gasteiger partial charge < -0.3 is 5.32 Å². The first-order valence-electron chi connectivity index (χ1n) is 4.80. The summed E-state index contributed by atoms with van der Waals surface area (Å²) >= 11 is 0. The Bertz CT molecular complexity index is 355. The van der Waals surface area contributed by atoms with Crippen molar-refractivity contribution in [2.75, 3.05) is 13.1 Å². The Morgan fingerprint density at radius 2 is 1.81 bits per heavy atom. The molecule has 0 unspecified atom stereocenters. The minimum Gasteiger partial charge on any atom is -0.354 e. The van der Waals surface area contributed by atoms with Crippen LogP contribution in [0, 0.1) is 0 Å². The molecule has 86 valence electrons. The first-order valence-corrected chi connectivity index (χ1v) is 4.80. The van der Waals surface area contributed by atoms with E-state index >= 15 is 0 Å². The van der Waals surface area contributed by atoms with Crippen LogP contribution in [0.25, 0.3) is 0 Å². The summed E-state index contributed by atoms with van der Waals surface area (Å²) in [6.07, 6.45) is 2.47. The van der Waals surface area contributed by atoms with Crippen molar-refractivity contribution in [2.45, 2.75) is 13.3 Å². The number of carbonyl (C=O) groups excluding carboxylic acids is 4. The highest BCUT2D eigenvalue weighted by Crippen LogP contribution is 2.02. The van der Waals surface area contributed by atoms with E-state index in [0.29, 0.717) is 0 Å². The zero-order valence-corrected chi connectivity index (χ0v) is 8.86. The van der Waals surface area contributed by atoms with Crippen LogP contribution in [0.2, 0.25) is 0 Å². The van der Waals surface area contributed by atoms with Gasteiger partial charge >= 0.3 is 0 Å². The average molecular weight is 224 g/mol. The molecule has 16 heavy (non-hydrogen) atoms. The first kappa shape index (κ1) is 12.1. The number of hydrogen-bond acceptors (Lipinski definition) is 4. The lowest BCUT2D eigenvalue weighted by atomic mass is 10.3. The third-order valence-corrected chi connectivity index (χ3v) is 2.00. The molecule has 0 aromatic carbocycles. The maximum atomic E-state index is 11.3. The molecule has 1 N–H and O–H groups in total. The van der Waals surface area contributed by atoms with Gasteiger partial charge in [0.1, 0.15) is 12.3 Å². The molecule has 6 nitrogen and oxygen atoms in total. The van der Waals surface area contributed by atoms with E-state index < -0.39 is 17.7 Å². The van der Waals surface area contributed by atoms with Crippen LogP contribution in [0.4, 0.5) is 0 Å². The number of imide groups is 1. The summed E-state index contributed by atoms with van der Waals surface area (Å²) in [6.45, 7) is 1.34. The van der Waals surface area contributed by atoms with Crippen molar-refractivity contribution in [3.63, 3.8) is 0 Å². The maximum Gasteiger partial charge on any atom is 0.254 e. The third-order valence-electron chi connectivity index (χ3n) is 2.00. The number of amides is 3. The van der Waals surface area contributed by atoms with Crippen LogP contribution in [-0.2, 0) is 19.2 Å². The summed E-state index contributed by atoms with van der Waals surface area (Å²) in [7, 11) is 0. The van der Waals surface area contributed by atoms with Crippen molar-refractivity contribution in [1.82, 2.24) is 10.2 Å². The monoisotopic (exact) mass is 224 g/mol. The minimum atomic E-state index is -0.494. The molecule has 1 heterocycles. The van der Waals surface area contributed by atoms with Crippen molar-refractivity contribution in [3.8, 4) is 0 Å². The highest BCUT2D eigenvalue weighted by molar-refractivity contribution is 6.14. The molecular formula is C10H12N2O4. The van der Waals surface area contributed by atoms with Gasteiger partial charge in [0.05, 0.1) is 0 Å². The number of hydrogen-bond donors (Lipinski definition) is 1. The van der Waals surface area contributed by atoms with Gasteiger partial charge in [-0.05, 0) is 6.92 Å². The lowest BCUT2D eigenvalue weighted by molar-refractivity contribution is -0.141. The maximum absolute atomic E-state index is 11.3. The fourth-order valence-electron chi connectivity index (χ4n) is 1.16. The van der Waals surface area contributed by atoms with Crippen molar-refractivity contribution in [3.05, 3.63) is 12.2 Å². The molecule has 0 atom stereocenters. The third kappa shape index (κ3) is 3.30. The Morgan fingerprint density at radius 3 is 2.31 bits per heavy atom. The van der Waals surface area contributed by atoms with Crippen LogP contribution in [0.3, 0.4) is 0 Å². The van der Waals surface area contributed by atoms with E-state index in [1.807, 2.05) is 0 Å². The average Bonchev–Trinajstić information content (AvgIpc) is 2.49. The van der Waals surface area contributed by atoms with Gasteiger partial charge in [-0.1, -0.05) is 0 Å². The standard InChI is InChI=1S/C10H12N2O4/c1-7(13)4-5-11-8(14)6-12-9(15)2-3-10(12)16/h2-3H,4-6H2,1H3,(H,11,14). The number of carbonyl (C=O) groups is 4. The fourth-order valence-corrected chi connectivity index (χ4v) is 1.16. The van der Waals surface area contributed by atoms with Crippen LogP contribution < -0.4 is 5.32 Å². The molecule has 3 amide bonds. The molecule has 1 aliphatic rings. The fraction of sp³-hybridized carbons (Fsp3) is 0.400. The summed E-state index contributed by atoms with van der Waals surface area (Å²) in [4.78, 5) is 44.9. The van der Waals surface area contributed by atoms with E-state index in [1.165, 1.54) is 6.92 Å². The van der Waals surface area contributed by atoms with Gasteiger partial charge in [0.25, 0.3) is 11.8 Å². The Hall–Kier alpha value is -1.98. The molecule has 6 heteroatoms. The number of Topliss-reactive ketones (excluding diaryl/α,β-unsaturated/α-hetero) is 1. The Balaban J connectivity index is 2.32. The van der Waals surface area contributed by atoms with Gasteiger partial charge in [0.15, 0.2) is 0 Å². The molecule has 0 aromatic rings. The molecule has 0 spiro atoms. The molecule has 0 fully saturated rings. The number of nitrogens with zero attached hydrogens (tertiary/aromatic N) is 1. The highest BCUT2D eigenvalue weighted by Gasteiger charge is 2.25. The van der Waals surface area contributed by atoms with Crippen molar-refractivity contribution < 1.29 is 19.2 Å². The van der Waals surface area contributed by atoms with Crippen LogP contribution in [0.1, 0.15) is 13.3 Å². The summed E-state index contributed by atoms with van der Waals surface area (Å²) in [5.74, 6) is -1.47. The topological polar surface area (TPSA) is 83.6 Å². The lowest BCUT2D eigenvalue weighted by Crippen LogP contribution is -2.40. The number of rotatable bonds is 5. The molecule has 0 radical (unpaired) electrons. The van der Waals surface area contributed by atoms with E-state index in [1.54, 1.807) is 0 Å². The van der Waals surface area contributed by atoms with Gasteiger partial charge in [0, 0.05) is 25.1 Å². The van der Waals surface area contributed by atoms with Crippen molar-refractivity contribution in [2.24, 2.45) is 0 Å². The van der Waals surface area contributed by atoms with E-state index in [2.05, 4.69) is 5.32 Å². The minimum absolute atomic E-state index is 0.0321. The SMILES string of the molecule is CC(=O)CCNC(=O)CN1C(=O)C=CC1=O. The van der Waals surface area contributed by atoms with Crippen LogP contribution in [0.15, 0.2) is 12.2 Å². The van der Waals surface area contributed by atoms with Crippen LogP contribution in [-0.4, -0.2) is 41.5 Å². The number of ketones is 1. The van der Waals surface area contributed by atoms with Gasteiger partial charge in [-0.15, -0.1) is 0 Å². The van der Waals surface area contributed by atoms with E-state index in [0.717, 1.165) is 17.1 Å². The van der Waals surface area contributed by atoms with Crippen LogP contribution in [0.5, 0.6) is 0 Å². The zero-order valence-electron chi connectivity index (χ0n) is 8.86. The van der Waals surface area contributed by atoms with E-state index in [4.69, 9.17) is 0 Å². The van der Waals surface area contributed by atoms with Gasteiger partial charge in [-0.25, -0.2) is 0 Å². The summed E-state index contributed by atoms with van der Waals surface area (Å²) in [5, 5.41) is 2.45. The second-order valence-corrected chi connectivity index (χ2v) is 3.40. The Kier molecular flexibility index (Phi) is 3.93.